The van der Waals surface area contributed by atoms with Gasteiger partial charge in [0.25, 0.3) is 0 Å². The molecule has 2 aliphatic heterocycles. The number of alkyl halides is 12. The van der Waals surface area contributed by atoms with E-state index >= 15 is 0 Å². The average Bonchev–Trinajstić information content (AvgIpc) is 3.90. The summed E-state index contributed by atoms with van der Waals surface area (Å²) in [6, 6.07) is 12.6. The third kappa shape index (κ3) is 10.1. The van der Waals surface area contributed by atoms with Gasteiger partial charge in [-0.25, -0.2) is 0 Å². The molecule has 2 aliphatic rings. The third-order valence-electron chi connectivity index (χ3n) is 13.2. The second-order valence-corrected chi connectivity index (χ2v) is 18.6. The minimum absolute atomic E-state index is 0.0491. The first-order valence-electron chi connectivity index (χ1n) is 21.9. The summed E-state index contributed by atoms with van der Waals surface area (Å²) >= 11 is 0. The van der Waals surface area contributed by atoms with Crippen molar-refractivity contribution in [2.45, 2.75) is 121 Å². The fourth-order valence-electron chi connectivity index (χ4n) is 10.4. The highest BCUT2D eigenvalue weighted by Crippen LogP contribution is 2.49. The molecule has 2 fully saturated rings. The largest absolute Gasteiger partial charge is 0.507 e. The maximum absolute atomic E-state index is 14.3. The SMILES string of the molecule is Cc1cc(C)cc(C(O)(c2cc(C)cc(C)c2)[C@@H]2CCCN2Cc2cc(C)cc(CN3CCC[C@H]3C(O)(c3cc(C(F)(F)F)cc(C(F)(F)F)c3)c3cc(C(F)(F)F)cc(C(F)(F)F)c3)c2O)c1. The fourth-order valence-corrected chi connectivity index (χ4v) is 10.4. The van der Waals surface area contributed by atoms with Gasteiger partial charge in [0, 0.05) is 36.3 Å². The number of nitrogens with zero attached hydrogens (tertiary/aromatic N) is 2. The van der Waals surface area contributed by atoms with Crippen LogP contribution in [0.2, 0.25) is 0 Å². The smallest absolute Gasteiger partial charge is 0.416 e. The number of rotatable bonds is 10. The van der Waals surface area contributed by atoms with Gasteiger partial charge < -0.3 is 15.3 Å². The average molecular weight is 967 g/mol. The Hall–Kier alpha value is -5.10. The van der Waals surface area contributed by atoms with Gasteiger partial charge in [0.2, 0.25) is 0 Å². The number of aliphatic hydroxyl groups is 2. The molecule has 0 bridgehead atoms. The summed E-state index contributed by atoms with van der Waals surface area (Å²) in [5.41, 5.74) is -8.97. The van der Waals surface area contributed by atoms with E-state index in [-0.39, 0.29) is 80.2 Å². The maximum Gasteiger partial charge on any atom is 0.416 e. The van der Waals surface area contributed by atoms with E-state index in [1.165, 1.54) is 4.90 Å². The van der Waals surface area contributed by atoms with Gasteiger partial charge >= 0.3 is 24.7 Å². The van der Waals surface area contributed by atoms with Crippen LogP contribution in [0.4, 0.5) is 52.7 Å². The number of aryl methyl sites for hydroxylation is 5. The van der Waals surface area contributed by atoms with Crippen LogP contribution in [0.3, 0.4) is 0 Å². The first-order chi connectivity index (χ1) is 31.4. The molecular weight excluding hydrogens is 917 g/mol. The monoisotopic (exact) mass is 966 g/mol. The van der Waals surface area contributed by atoms with Crippen molar-refractivity contribution in [2.24, 2.45) is 0 Å². The fraction of sp³-hybridized carbons (Fsp3) is 0.412. The Morgan fingerprint density at radius 3 is 0.926 bits per heavy atom. The summed E-state index contributed by atoms with van der Waals surface area (Å²) in [5, 5.41) is 38.0. The lowest BCUT2D eigenvalue weighted by Crippen LogP contribution is -2.48. The summed E-state index contributed by atoms with van der Waals surface area (Å²) < 4.78 is 172. The van der Waals surface area contributed by atoms with Crippen molar-refractivity contribution in [3.63, 3.8) is 0 Å². The summed E-state index contributed by atoms with van der Waals surface area (Å²) in [6.07, 6.45) is -21.0. The Labute approximate surface area is 385 Å². The van der Waals surface area contributed by atoms with E-state index in [4.69, 9.17) is 0 Å². The van der Waals surface area contributed by atoms with E-state index in [1.54, 1.807) is 19.1 Å². The second-order valence-electron chi connectivity index (χ2n) is 18.6. The molecule has 0 aromatic heterocycles. The molecule has 2 atom stereocenters. The van der Waals surface area contributed by atoms with Gasteiger partial charge in [0.05, 0.1) is 22.3 Å². The summed E-state index contributed by atoms with van der Waals surface area (Å²) in [5.74, 6) is -0.284. The number of phenolic OH excluding ortho intramolecular Hbond substituents is 1. The maximum atomic E-state index is 14.3. The number of likely N-dealkylation sites (tertiary alicyclic amines) is 2. The van der Waals surface area contributed by atoms with Crippen molar-refractivity contribution < 1.29 is 68.0 Å². The Kier molecular flexibility index (Phi) is 13.4. The predicted octanol–water partition coefficient (Wildman–Crippen LogP) is 12.8. The standard InChI is InChI=1S/C51H50F12N2O3/c1-28-12-29(2)17-35(16-28)46(67,36-18-30(3)13-31(4)19-36)43-8-6-10-64(43)26-33-14-32(5)15-34(45(33)66)27-65-11-7-9-44(65)47(68,37-20-39(48(52,53)54)24-40(21-37)49(55,56)57)38-22-41(50(58,59)60)25-42(23-38)51(61,62)63/h12-25,43-44,66-68H,6-11,26-27H2,1-5H3/t43-,44-/m0/s1. The molecule has 0 aliphatic carbocycles. The van der Waals surface area contributed by atoms with Crippen molar-refractivity contribution in [3.8, 4) is 5.75 Å². The molecule has 366 valence electrons. The lowest BCUT2D eigenvalue weighted by molar-refractivity contribution is -0.144. The Morgan fingerprint density at radius 2 is 0.647 bits per heavy atom. The molecule has 0 unspecified atom stereocenters. The highest BCUT2D eigenvalue weighted by atomic mass is 19.4. The van der Waals surface area contributed by atoms with E-state index in [2.05, 4.69) is 0 Å². The second kappa shape index (κ2) is 18.0. The van der Waals surface area contributed by atoms with Crippen molar-refractivity contribution in [1.82, 2.24) is 9.80 Å². The van der Waals surface area contributed by atoms with E-state index in [1.807, 2.05) is 69.0 Å². The number of phenols is 1. The molecule has 3 N–H and O–H groups in total. The van der Waals surface area contributed by atoms with Gasteiger partial charge in [-0.3, -0.25) is 9.80 Å². The quantitative estimate of drug-likeness (QED) is 0.122. The van der Waals surface area contributed by atoms with Gasteiger partial charge in [-0.15, -0.1) is 0 Å². The van der Waals surface area contributed by atoms with Crippen LogP contribution in [0.5, 0.6) is 5.75 Å². The highest BCUT2D eigenvalue weighted by molar-refractivity contribution is 5.49. The van der Waals surface area contributed by atoms with Crippen molar-refractivity contribution in [3.05, 3.63) is 168 Å². The molecule has 0 radical (unpaired) electrons. The molecule has 5 aromatic carbocycles. The van der Waals surface area contributed by atoms with Gasteiger partial charge in [0.1, 0.15) is 17.0 Å². The number of aromatic hydroxyl groups is 1. The zero-order valence-electron chi connectivity index (χ0n) is 37.7. The molecule has 7 rings (SSSR count). The molecule has 17 heteroatoms. The molecule has 5 nitrogen and oxygen atoms in total. The summed E-state index contributed by atoms with van der Waals surface area (Å²) in [6.45, 7) is 9.55. The minimum atomic E-state index is -5.50. The molecule has 2 saturated heterocycles. The zero-order chi connectivity index (χ0) is 50.1. The first-order valence-corrected chi connectivity index (χ1v) is 21.9. The van der Waals surface area contributed by atoms with Crippen LogP contribution >= 0.6 is 0 Å². The van der Waals surface area contributed by atoms with Crippen molar-refractivity contribution in [1.29, 1.82) is 0 Å². The van der Waals surface area contributed by atoms with Crippen LogP contribution in [0.15, 0.2) is 84.9 Å². The molecule has 0 spiro atoms. The molecular formula is C51H50F12N2O3. The van der Waals surface area contributed by atoms with Crippen LogP contribution in [0, 0.1) is 34.6 Å². The zero-order valence-corrected chi connectivity index (χ0v) is 37.7. The molecule has 0 amide bonds. The molecule has 68 heavy (non-hydrogen) atoms. The van der Waals surface area contributed by atoms with Crippen LogP contribution in [-0.2, 0) is 49.0 Å². The lowest BCUT2D eigenvalue weighted by atomic mass is 9.76. The highest BCUT2D eigenvalue weighted by Gasteiger charge is 2.51. The van der Waals surface area contributed by atoms with Gasteiger partial charge in [-0.1, -0.05) is 76.3 Å². The molecule has 0 saturated carbocycles. The first kappa shape index (κ1) is 50.8. The lowest BCUT2D eigenvalue weighted by Gasteiger charge is -2.41. The number of benzene rings is 5. The number of halogens is 12. The Balaban J connectivity index is 1.33. The van der Waals surface area contributed by atoms with Crippen LogP contribution in [0.1, 0.15) is 109 Å². The molecule has 2 heterocycles. The van der Waals surface area contributed by atoms with E-state index in [0.29, 0.717) is 41.6 Å². The Bertz CT molecular complexity index is 2460. The third-order valence-corrected chi connectivity index (χ3v) is 13.2. The number of hydrogen-bond donors (Lipinski definition) is 3. The summed E-state index contributed by atoms with van der Waals surface area (Å²) in [7, 11) is 0. The minimum Gasteiger partial charge on any atom is -0.507 e. The topological polar surface area (TPSA) is 67.2 Å². The number of hydrogen-bond acceptors (Lipinski definition) is 5. The van der Waals surface area contributed by atoms with Gasteiger partial charge in [-0.2, -0.15) is 52.7 Å². The summed E-state index contributed by atoms with van der Waals surface area (Å²) in [4.78, 5) is 3.37. The van der Waals surface area contributed by atoms with Gasteiger partial charge in [0.15, 0.2) is 0 Å². The van der Waals surface area contributed by atoms with Crippen molar-refractivity contribution in [2.75, 3.05) is 13.1 Å². The molecule has 5 aromatic rings. The van der Waals surface area contributed by atoms with Crippen LogP contribution in [-0.4, -0.2) is 50.3 Å². The van der Waals surface area contributed by atoms with E-state index in [9.17, 15) is 68.0 Å². The van der Waals surface area contributed by atoms with E-state index in [0.717, 1.165) is 22.3 Å². The van der Waals surface area contributed by atoms with Crippen LogP contribution < -0.4 is 0 Å². The Morgan fingerprint density at radius 1 is 0.397 bits per heavy atom. The van der Waals surface area contributed by atoms with Gasteiger partial charge in [-0.05, 0) is 132 Å². The predicted molar refractivity (Wildman–Crippen MR) is 230 cm³/mol. The normalized spacial score (nSPS) is 18.2. The van der Waals surface area contributed by atoms with E-state index < -0.39 is 81.4 Å². The van der Waals surface area contributed by atoms with Crippen LogP contribution in [0.25, 0.3) is 0 Å². The van der Waals surface area contributed by atoms with Crippen molar-refractivity contribution >= 4 is 0 Å².